The lowest BCUT2D eigenvalue weighted by atomic mass is 9.99. The Balaban J connectivity index is 1.54. The first-order chi connectivity index (χ1) is 10.0. The molecule has 1 aliphatic carbocycles. The van der Waals surface area contributed by atoms with E-state index in [2.05, 4.69) is 15.7 Å². The van der Waals surface area contributed by atoms with E-state index in [0.717, 1.165) is 12.8 Å². The molecule has 1 saturated carbocycles. The lowest BCUT2D eigenvalue weighted by Gasteiger charge is -2.19. The summed E-state index contributed by atoms with van der Waals surface area (Å²) >= 11 is 0. The number of hydrogen-bond donors (Lipinski definition) is 3. The predicted octanol–water partition coefficient (Wildman–Crippen LogP) is -0.782. The van der Waals surface area contributed by atoms with Crippen LogP contribution in [0.1, 0.15) is 19.3 Å². The minimum absolute atomic E-state index is 0.0713. The second-order valence-corrected chi connectivity index (χ2v) is 5.68. The average Bonchev–Trinajstić information content (AvgIpc) is 2.94. The van der Waals surface area contributed by atoms with Gasteiger partial charge in [-0.3, -0.25) is 14.3 Å². The van der Waals surface area contributed by atoms with Crippen LogP contribution in [0.5, 0.6) is 0 Å². The highest BCUT2D eigenvalue weighted by atomic mass is 16.5. The van der Waals surface area contributed by atoms with Crippen LogP contribution < -0.4 is 16.4 Å². The maximum Gasteiger partial charge on any atom is 0.247 e. The Morgan fingerprint density at radius 3 is 3.00 bits per heavy atom. The van der Waals surface area contributed by atoms with Crippen molar-refractivity contribution < 1.29 is 14.3 Å². The van der Waals surface area contributed by atoms with Crippen molar-refractivity contribution in [3.63, 3.8) is 0 Å². The number of carbonyl (C=O) groups is 2. The molecule has 2 heterocycles. The number of aromatic nitrogens is 2. The Morgan fingerprint density at radius 1 is 1.52 bits per heavy atom. The van der Waals surface area contributed by atoms with Crippen molar-refractivity contribution in [2.75, 3.05) is 18.5 Å². The number of carbonyl (C=O) groups excluding carboxylic acids is 2. The molecular weight excluding hydrogens is 274 g/mol. The van der Waals surface area contributed by atoms with Gasteiger partial charge in [0.15, 0.2) is 0 Å². The topological polar surface area (TPSA) is 111 Å². The van der Waals surface area contributed by atoms with Crippen LogP contribution in [0.25, 0.3) is 0 Å². The Labute approximate surface area is 122 Å². The van der Waals surface area contributed by atoms with Crippen LogP contribution in [-0.2, 0) is 20.9 Å². The molecule has 1 atom stereocenters. The summed E-state index contributed by atoms with van der Waals surface area (Å²) in [6.07, 6.45) is 5.71. The quantitative estimate of drug-likeness (QED) is 0.659. The molecular formula is C13H19N5O3. The molecule has 4 N–H and O–H groups in total. The van der Waals surface area contributed by atoms with Crippen LogP contribution in [0, 0.1) is 0 Å². The minimum atomic E-state index is -0.981. The number of nitrogens with one attached hydrogen (secondary N) is 2. The van der Waals surface area contributed by atoms with E-state index < -0.39 is 5.54 Å². The average molecular weight is 293 g/mol. The van der Waals surface area contributed by atoms with E-state index in [4.69, 9.17) is 10.5 Å². The molecule has 0 aromatic carbocycles. The Hall–Kier alpha value is -1.93. The highest BCUT2D eigenvalue weighted by Gasteiger charge is 2.38. The van der Waals surface area contributed by atoms with Gasteiger partial charge in [0.2, 0.25) is 11.8 Å². The number of ether oxygens (including phenoxy) is 1. The molecule has 0 radical (unpaired) electrons. The van der Waals surface area contributed by atoms with Gasteiger partial charge < -0.3 is 21.1 Å². The Bertz CT molecular complexity index is 546. The minimum Gasteiger partial charge on any atom is -0.379 e. The lowest BCUT2D eigenvalue weighted by molar-refractivity contribution is -0.122. The zero-order valence-electron chi connectivity index (χ0n) is 11.7. The summed E-state index contributed by atoms with van der Waals surface area (Å²) in [4.78, 5) is 23.7. The molecule has 1 saturated heterocycles. The van der Waals surface area contributed by atoms with E-state index >= 15 is 0 Å². The fourth-order valence-electron chi connectivity index (χ4n) is 2.18. The third-order valence-corrected chi connectivity index (χ3v) is 3.64. The van der Waals surface area contributed by atoms with Gasteiger partial charge in [-0.15, -0.1) is 0 Å². The van der Waals surface area contributed by atoms with Gasteiger partial charge in [0.1, 0.15) is 12.1 Å². The first-order valence-electron chi connectivity index (χ1n) is 7.05. The summed E-state index contributed by atoms with van der Waals surface area (Å²) in [6.45, 7) is 0.852. The molecule has 2 aliphatic rings. The maximum absolute atomic E-state index is 12.1. The zero-order valence-corrected chi connectivity index (χ0v) is 11.7. The summed E-state index contributed by atoms with van der Waals surface area (Å²) in [5.74, 6) is -0.361. The van der Waals surface area contributed by atoms with Gasteiger partial charge in [-0.05, 0) is 19.3 Å². The SMILES string of the molecule is NC1(C(=O)Nc2cnn(CC(=O)NC3CC3)c2)CCOC1. The number of nitrogens with zero attached hydrogens (tertiary/aromatic N) is 2. The third-order valence-electron chi connectivity index (χ3n) is 3.64. The molecule has 2 amide bonds. The van der Waals surface area contributed by atoms with E-state index in [1.807, 2.05) is 0 Å². The highest BCUT2D eigenvalue weighted by Crippen LogP contribution is 2.19. The van der Waals surface area contributed by atoms with E-state index in [1.54, 1.807) is 6.20 Å². The molecule has 8 heteroatoms. The lowest BCUT2D eigenvalue weighted by Crippen LogP contribution is -2.51. The molecule has 0 bridgehead atoms. The zero-order chi connectivity index (χ0) is 14.9. The van der Waals surface area contributed by atoms with Crippen LogP contribution in [0.4, 0.5) is 5.69 Å². The number of anilines is 1. The second-order valence-electron chi connectivity index (χ2n) is 5.68. The molecule has 114 valence electrons. The largest absolute Gasteiger partial charge is 0.379 e. The normalized spacial score (nSPS) is 24.8. The van der Waals surface area contributed by atoms with Gasteiger partial charge in [0.25, 0.3) is 0 Å². The molecule has 1 unspecified atom stereocenters. The molecule has 2 fully saturated rings. The van der Waals surface area contributed by atoms with E-state index in [9.17, 15) is 9.59 Å². The van der Waals surface area contributed by atoms with Gasteiger partial charge in [-0.1, -0.05) is 0 Å². The fraction of sp³-hybridized carbons (Fsp3) is 0.615. The van der Waals surface area contributed by atoms with Crippen LogP contribution >= 0.6 is 0 Å². The number of hydrogen-bond acceptors (Lipinski definition) is 5. The summed E-state index contributed by atoms with van der Waals surface area (Å²) in [5.41, 5.74) is 5.51. The summed E-state index contributed by atoms with van der Waals surface area (Å²) in [5, 5.41) is 9.65. The molecule has 0 spiro atoms. The monoisotopic (exact) mass is 293 g/mol. The van der Waals surface area contributed by atoms with Crippen LogP contribution in [0.15, 0.2) is 12.4 Å². The molecule has 1 aromatic heterocycles. The standard InChI is InChI=1S/C13H19N5O3/c14-13(3-4-21-8-13)12(20)17-10-5-15-18(6-10)7-11(19)16-9-1-2-9/h5-6,9H,1-4,7-8,14H2,(H,16,19)(H,17,20). The van der Waals surface area contributed by atoms with Crippen molar-refractivity contribution in [3.8, 4) is 0 Å². The van der Waals surface area contributed by atoms with Gasteiger partial charge in [0.05, 0.1) is 18.5 Å². The molecule has 8 nitrogen and oxygen atoms in total. The third kappa shape index (κ3) is 3.40. The van der Waals surface area contributed by atoms with Crippen molar-refractivity contribution in [3.05, 3.63) is 12.4 Å². The number of rotatable bonds is 5. The summed E-state index contributed by atoms with van der Waals surface area (Å²) in [6, 6.07) is 0.326. The van der Waals surface area contributed by atoms with Gasteiger partial charge in [0, 0.05) is 18.8 Å². The van der Waals surface area contributed by atoms with Gasteiger partial charge in [-0.25, -0.2) is 0 Å². The van der Waals surface area contributed by atoms with Crippen molar-refractivity contribution in [1.29, 1.82) is 0 Å². The van der Waals surface area contributed by atoms with Gasteiger partial charge >= 0.3 is 0 Å². The second kappa shape index (κ2) is 5.45. The van der Waals surface area contributed by atoms with E-state index in [1.165, 1.54) is 10.9 Å². The predicted molar refractivity (Wildman–Crippen MR) is 74.4 cm³/mol. The van der Waals surface area contributed by atoms with Crippen LogP contribution in [0.3, 0.4) is 0 Å². The molecule has 21 heavy (non-hydrogen) atoms. The Morgan fingerprint density at radius 2 is 2.33 bits per heavy atom. The first kappa shape index (κ1) is 14.0. The van der Waals surface area contributed by atoms with E-state index in [0.29, 0.717) is 24.8 Å². The highest BCUT2D eigenvalue weighted by molar-refractivity contribution is 5.98. The van der Waals surface area contributed by atoms with Crippen molar-refractivity contribution in [1.82, 2.24) is 15.1 Å². The van der Waals surface area contributed by atoms with Gasteiger partial charge in [-0.2, -0.15) is 5.10 Å². The molecule has 3 rings (SSSR count). The number of nitrogens with two attached hydrogens (primary N) is 1. The van der Waals surface area contributed by atoms with Crippen LogP contribution in [-0.4, -0.2) is 46.4 Å². The first-order valence-corrected chi connectivity index (χ1v) is 7.05. The van der Waals surface area contributed by atoms with Crippen molar-refractivity contribution in [2.45, 2.75) is 37.4 Å². The van der Waals surface area contributed by atoms with E-state index in [-0.39, 0.29) is 25.0 Å². The summed E-state index contributed by atoms with van der Waals surface area (Å²) in [7, 11) is 0. The Kier molecular flexibility index (Phi) is 3.64. The smallest absolute Gasteiger partial charge is 0.247 e. The number of amides is 2. The fourth-order valence-corrected chi connectivity index (χ4v) is 2.18. The maximum atomic E-state index is 12.1. The molecule has 1 aromatic rings. The van der Waals surface area contributed by atoms with Crippen molar-refractivity contribution >= 4 is 17.5 Å². The molecule has 1 aliphatic heterocycles. The summed E-state index contributed by atoms with van der Waals surface area (Å²) < 4.78 is 6.65. The van der Waals surface area contributed by atoms with Crippen molar-refractivity contribution in [2.24, 2.45) is 5.73 Å². The van der Waals surface area contributed by atoms with Crippen LogP contribution in [0.2, 0.25) is 0 Å².